The van der Waals surface area contributed by atoms with Crippen LogP contribution in [0, 0.1) is 0 Å². The summed E-state index contributed by atoms with van der Waals surface area (Å²) in [7, 11) is 0. The molecule has 4 rings (SSSR count). The first kappa shape index (κ1) is 10.7. The quantitative estimate of drug-likeness (QED) is 0.824. The number of nitrogens with one attached hydrogen (secondary N) is 1. The van der Waals surface area contributed by atoms with Gasteiger partial charge in [0.15, 0.2) is 11.5 Å². The smallest absolute Gasteiger partial charge is 0.251 e. The van der Waals surface area contributed by atoms with Crippen molar-refractivity contribution in [2.45, 2.75) is 50.4 Å². The monoisotopic (exact) mass is 245 g/mol. The van der Waals surface area contributed by atoms with Crippen molar-refractivity contribution in [3.8, 4) is 11.5 Å². The minimum atomic E-state index is -0.305. The Morgan fingerprint density at radius 1 is 1.06 bits per heavy atom. The average molecular weight is 245 g/mol. The first-order valence-corrected chi connectivity index (χ1v) is 7.10. The lowest BCUT2D eigenvalue weighted by molar-refractivity contribution is -0.138. The number of fused-ring (bicyclic) bond motifs is 1. The van der Waals surface area contributed by atoms with E-state index in [1.807, 2.05) is 0 Å². The van der Waals surface area contributed by atoms with Crippen LogP contribution in [0.1, 0.15) is 50.1 Å². The lowest BCUT2D eigenvalue weighted by Gasteiger charge is -2.35. The van der Waals surface area contributed by atoms with Crippen molar-refractivity contribution >= 4 is 0 Å². The molecule has 1 spiro atoms. The van der Waals surface area contributed by atoms with E-state index in [9.17, 15) is 0 Å². The number of hydrogen-bond acceptors (Lipinski definition) is 3. The van der Waals surface area contributed by atoms with Crippen molar-refractivity contribution in [2.24, 2.45) is 0 Å². The second-order valence-electron chi connectivity index (χ2n) is 5.68. The van der Waals surface area contributed by atoms with Crippen LogP contribution in [-0.2, 0) is 0 Å². The van der Waals surface area contributed by atoms with Crippen molar-refractivity contribution in [3.63, 3.8) is 0 Å². The fourth-order valence-corrected chi connectivity index (χ4v) is 3.13. The molecule has 1 saturated carbocycles. The summed E-state index contributed by atoms with van der Waals surface area (Å²) >= 11 is 0. The highest BCUT2D eigenvalue weighted by Crippen LogP contribution is 2.48. The summed E-state index contributed by atoms with van der Waals surface area (Å²) in [5, 5.41) is 3.58. The van der Waals surface area contributed by atoms with Crippen LogP contribution in [-0.4, -0.2) is 12.3 Å². The maximum atomic E-state index is 6.01. The molecule has 3 heteroatoms. The van der Waals surface area contributed by atoms with E-state index in [1.165, 1.54) is 31.2 Å². The molecular formula is C15H19NO2. The molecule has 3 aliphatic rings. The van der Waals surface area contributed by atoms with Gasteiger partial charge < -0.3 is 14.8 Å². The molecule has 18 heavy (non-hydrogen) atoms. The van der Waals surface area contributed by atoms with Crippen molar-refractivity contribution < 1.29 is 9.47 Å². The third-order valence-corrected chi connectivity index (χ3v) is 4.39. The Kier molecular flexibility index (Phi) is 2.31. The first-order chi connectivity index (χ1) is 8.85. The van der Waals surface area contributed by atoms with Crippen molar-refractivity contribution in [3.05, 3.63) is 23.8 Å². The molecule has 96 valence electrons. The molecule has 1 N–H and O–H groups in total. The summed E-state index contributed by atoms with van der Waals surface area (Å²) in [5.41, 5.74) is 1.34. The molecule has 0 bridgehead atoms. The molecule has 0 amide bonds. The second kappa shape index (κ2) is 3.89. The molecule has 1 atom stereocenters. The Balaban J connectivity index is 1.59. The van der Waals surface area contributed by atoms with Crippen molar-refractivity contribution in [1.29, 1.82) is 0 Å². The largest absolute Gasteiger partial charge is 0.448 e. The zero-order chi connectivity index (χ0) is 12.0. The summed E-state index contributed by atoms with van der Waals surface area (Å²) in [4.78, 5) is 0. The van der Waals surface area contributed by atoms with E-state index < -0.39 is 0 Å². The van der Waals surface area contributed by atoms with E-state index >= 15 is 0 Å². The van der Waals surface area contributed by atoms with Crippen LogP contribution >= 0.6 is 0 Å². The van der Waals surface area contributed by atoms with Gasteiger partial charge in [-0.2, -0.15) is 0 Å². The summed E-state index contributed by atoms with van der Waals surface area (Å²) < 4.78 is 11.9. The van der Waals surface area contributed by atoms with Gasteiger partial charge in [-0.15, -0.1) is 0 Å². The van der Waals surface area contributed by atoms with Gasteiger partial charge in [0.2, 0.25) is 0 Å². The Morgan fingerprint density at radius 3 is 2.67 bits per heavy atom. The fourth-order valence-electron chi connectivity index (χ4n) is 3.13. The van der Waals surface area contributed by atoms with Crippen LogP contribution < -0.4 is 14.8 Å². The number of piperidine rings is 1. The van der Waals surface area contributed by atoms with Crippen LogP contribution in [0.5, 0.6) is 11.5 Å². The highest BCUT2D eigenvalue weighted by Gasteiger charge is 2.47. The normalized spacial score (nSPS) is 28.1. The molecule has 0 radical (unpaired) electrons. The highest BCUT2D eigenvalue weighted by molar-refractivity contribution is 5.47. The minimum Gasteiger partial charge on any atom is -0.448 e. The Morgan fingerprint density at radius 2 is 1.94 bits per heavy atom. The molecule has 1 aromatic rings. The van der Waals surface area contributed by atoms with Gasteiger partial charge in [-0.1, -0.05) is 12.5 Å². The van der Waals surface area contributed by atoms with E-state index in [0.717, 1.165) is 30.9 Å². The summed E-state index contributed by atoms with van der Waals surface area (Å²) in [6.45, 7) is 1.13. The van der Waals surface area contributed by atoms with Crippen molar-refractivity contribution in [2.75, 3.05) is 6.54 Å². The Labute approximate surface area is 107 Å². The van der Waals surface area contributed by atoms with Crippen molar-refractivity contribution in [1.82, 2.24) is 5.32 Å². The predicted molar refractivity (Wildman–Crippen MR) is 68.9 cm³/mol. The zero-order valence-electron chi connectivity index (χ0n) is 10.6. The van der Waals surface area contributed by atoms with Crippen LogP contribution in [0.2, 0.25) is 0 Å². The van der Waals surface area contributed by atoms with Gasteiger partial charge >= 0.3 is 0 Å². The third-order valence-electron chi connectivity index (χ3n) is 4.39. The maximum absolute atomic E-state index is 6.01. The van der Waals surface area contributed by atoms with E-state index in [1.54, 1.807) is 0 Å². The maximum Gasteiger partial charge on any atom is 0.251 e. The topological polar surface area (TPSA) is 30.5 Å². The molecule has 1 saturated heterocycles. The van der Waals surface area contributed by atoms with E-state index in [-0.39, 0.29) is 5.79 Å². The summed E-state index contributed by atoms with van der Waals surface area (Å²) in [5.74, 6) is 1.56. The molecule has 1 aliphatic carbocycles. The molecule has 2 aliphatic heterocycles. The third kappa shape index (κ3) is 1.61. The standard InChI is InChI=1S/C15H19NO2/c1-2-9-16-12(4-1)11-5-6-13-14(10-11)18-15(17-13)7-3-8-15/h5-6,10,12,16H,1-4,7-9H2. The highest BCUT2D eigenvalue weighted by atomic mass is 16.7. The van der Waals surface area contributed by atoms with Gasteiger partial charge in [-0.25, -0.2) is 0 Å². The molecular weight excluding hydrogens is 226 g/mol. The molecule has 1 aromatic carbocycles. The summed E-state index contributed by atoms with van der Waals surface area (Å²) in [6.07, 6.45) is 7.10. The average Bonchev–Trinajstić information content (AvgIpc) is 2.78. The van der Waals surface area contributed by atoms with Gasteiger partial charge in [0, 0.05) is 18.9 Å². The van der Waals surface area contributed by atoms with E-state index in [0.29, 0.717) is 6.04 Å². The minimum absolute atomic E-state index is 0.305. The van der Waals surface area contributed by atoms with Crippen LogP contribution in [0.15, 0.2) is 18.2 Å². The van der Waals surface area contributed by atoms with Gasteiger partial charge in [-0.05, 0) is 43.5 Å². The van der Waals surface area contributed by atoms with Gasteiger partial charge in [0.25, 0.3) is 5.79 Å². The molecule has 0 aromatic heterocycles. The molecule has 1 unspecified atom stereocenters. The predicted octanol–water partition coefficient (Wildman–Crippen LogP) is 3.15. The first-order valence-electron chi connectivity index (χ1n) is 7.10. The fraction of sp³-hybridized carbons (Fsp3) is 0.600. The van der Waals surface area contributed by atoms with Crippen LogP contribution in [0.4, 0.5) is 0 Å². The Bertz CT molecular complexity index is 462. The Hall–Kier alpha value is -1.22. The number of hydrogen-bond donors (Lipinski definition) is 1. The van der Waals surface area contributed by atoms with Gasteiger partial charge in [-0.3, -0.25) is 0 Å². The van der Waals surface area contributed by atoms with Gasteiger partial charge in [0.05, 0.1) is 0 Å². The SMILES string of the molecule is c1cc2c(cc1C1CCCCN1)OC1(CCC1)O2. The number of ether oxygens (including phenoxy) is 2. The number of benzene rings is 1. The van der Waals surface area contributed by atoms with Crippen LogP contribution in [0.25, 0.3) is 0 Å². The summed E-state index contributed by atoms with van der Waals surface area (Å²) in [6, 6.07) is 6.92. The number of rotatable bonds is 1. The second-order valence-corrected chi connectivity index (χ2v) is 5.68. The lowest BCUT2D eigenvalue weighted by Crippen LogP contribution is -2.45. The molecule has 2 fully saturated rings. The van der Waals surface area contributed by atoms with Gasteiger partial charge in [0.1, 0.15) is 0 Å². The van der Waals surface area contributed by atoms with Crippen LogP contribution in [0.3, 0.4) is 0 Å². The molecule has 3 nitrogen and oxygen atoms in total. The van der Waals surface area contributed by atoms with E-state index in [2.05, 4.69) is 23.5 Å². The molecule has 2 heterocycles. The lowest BCUT2D eigenvalue weighted by atomic mass is 9.91. The zero-order valence-corrected chi connectivity index (χ0v) is 10.6. The van der Waals surface area contributed by atoms with E-state index in [4.69, 9.17) is 9.47 Å².